The minimum Gasteiger partial charge on any atom is -0.263 e. The van der Waals surface area contributed by atoms with Crippen molar-refractivity contribution in [2.24, 2.45) is 0 Å². The van der Waals surface area contributed by atoms with Gasteiger partial charge in [0.1, 0.15) is 5.82 Å². The van der Waals surface area contributed by atoms with Crippen molar-refractivity contribution < 1.29 is 8.42 Å². The van der Waals surface area contributed by atoms with Gasteiger partial charge in [-0.2, -0.15) is 0 Å². The Balaban J connectivity index is 2.45. The Morgan fingerprint density at radius 3 is 2.94 bits per heavy atom. The van der Waals surface area contributed by atoms with Gasteiger partial charge in [-0.3, -0.25) is 9.71 Å². The minimum absolute atomic E-state index is 0.275. The lowest BCUT2D eigenvalue weighted by atomic mass is 10.2. The predicted molar refractivity (Wildman–Crippen MR) is 68.1 cm³/mol. The Bertz CT molecular complexity index is 621. The predicted octanol–water partition coefficient (Wildman–Crippen LogP) is 2.09. The number of rotatable bonds is 4. The highest BCUT2D eigenvalue weighted by Gasteiger charge is 2.12. The van der Waals surface area contributed by atoms with Gasteiger partial charge in [0, 0.05) is 23.4 Å². The Morgan fingerprint density at radius 1 is 1.47 bits per heavy atom. The molecule has 2 aromatic rings. The summed E-state index contributed by atoms with van der Waals surface area (Å²) in [4.78, 5) is 8.81. The second-order valence-corrected chi connectivity index (χ2v) is 5.59. The molecule has 0 radical (unpaired) electrons. The van der Waals surface area contributed by atoms with E-state index in [1.54, 1.807) is 23.8 Å². The average Bonchev–Trinajstić information content (AvgIpc) is 2.83. The zero-order chi connectivity index (χ0) is 12.3. The summed E-state index contributed by atoms with van der Waals surface area (Å²) >= 11 is 1.41. The molecule has 0 atom stereocenters. The molecule has 5 nitrogen and oxygen atoms in total. The molecule has 88 valence electrons. The van der Waals surface area contributed by atoms with Gasteiger partial charge in [-0.1, -0.05) is 6.58 Å². The van der Waals surface area contributed by atoms with Crippen molar-refractivity contribution in [1.82, 2.24) is 9.97 Å². The topological polar surface area (TPSA) is 72.0 Å². The molecule has 0 saturated carbocycles. The first-order valence-electron chi connectivity index (χ1n) is 4.61. The summed E-state index contributed by atoms with van der Waals surface area (Å²) in [5.41, 5.74) is 2.37. The molecule has 1 N–H and O–H groups in total. The van der Waals surface area contributed by atoms with E-state index in [1.807, 2.05) is 0 Å². The van der Waals surface area contributed by atoms with Gasteiger partial charge in [-0.05, 0) is 12.1 Å². The molecule has 17 heavy (non-hydrogen) atoms. The molecule has 0 fully saturated rings. The lowest BCUT2D eigenvalue weighted by molar-refractivity contribution is 0.609. The molecule has 7 heteroatoms. The Labute approximate surface area is 103 Å². The van der Waals surface area contributed by atoms with E-state index in [0.717, 1.165) is 10.3 Å². The van der Waals surface area contributed by atoms with E-state index in [9.17, 15) is 8.42 Å². The molecule has 0 aromatic carbocycles. The summed E-state index contributed by atoms with van der Waals surface area (Å²) in [6.45, 7) is 3.23. The second-order valence-electron chi connectivity index (χ2n) is 3.08. The van der Waals surface area contributed by atoms with Gasteiger partial charge in [0.2, 0.25) is 0 Å². The molecule has 2 aromatic heterocycles. The normalized spacial score (nSPS) is 11.1. The van der Waals surface area contributed by atoms with Crippen LogP contribution in [0, 0.1) is 0 Å². The van der Waals surface area contributed by atoms with E-state index in [-0.39, 0.29) is 5.82 Å². The molecule has 2 rings (SSSR count). The third kappa shape index (κ3) is 2.69. The van der Waals surface area contributed by atoms with Crippen molar-refractivity contribution in [1.29, 1.82) is 0 Å². The van der Waals surface area contributed by atoms with E-state index >= 15 is 0 Å². The van der Waals surface area contributed by atoms with Crippen LogP contribution < -0.4 is 4.72 Å². The molecule has 2 heterocycles. The first-order chi connectivity index (χ1) is 8.12. The SMILES string of the molecule is C=CS(=O)(=O)Nc1ncccc1-c1cncs1. The monoisotopic (exact) mass is 267 g/mol. The maximum absolute atomic E-state index is 11.4. The van der Waals surface area contributed by atoms with Crippen molar-refractivity contribution in [3.05, 3.63) is 42.0 Å². The lowest BCUT2D eigenvalue weighted by Gasteiger charge is -2.07. The molecule has 0 aliphatic carbocycles. The Hall–Kier alpha value is -1.73. The number of aromatic nitrogens is 2. The van der Waals surface area contributed by atoms with Gasteiger partial charge in [-0.15, -0.1) is 11.3 Å². The van der Waals surface area contributed by atoms with Gasteiger partial charge >= 0.3 is 0 Å². The van der Waals surface area contributed by atoms with Crippen LogP contribution in [0.25, 0.3) is 10.4 Å². The van der Waals surface area contributed by atoms with Crippen molar-refractivity contribution in [2.75, 3.05) is 4.72 Å². The van der Waals surface area contributed by atoms with Crippen molar-refractivity contribution in [3.63, 3.8) is 0 Å². The third-order valence-electron chi connectivity index (χ3n) is 1.96. The van der Waals surface area contributed by atoms with Crippen LogP contribution in [0.4, 0.5) is 5.82 Å². The summed E-state index contributed by atoms with van der Waals surface area (Å²) in [7, 11) is -3.55. The van der Waals surface area contributed by atoms with Crippen molar-refractivity contribution in [3.8, 4) is 10.4 Å². The molecular formula is C10H9N3O2S2. The molecule has 0 bridgehead atoms. The van der Waals surface area contributed by atoms with Crippen LogP contribution in [0.5, 0.6) is 0 Å². The molecule has 0 aliphatic heterocycles. The highest BCUT2D eigenvalue weighted by molar-refractivity contribution is 7.95. The van der Waals surface area contributed by atoms with Crippen molar-refractivity contribution >= 4 is 27.2 Å². The quantitative estimate of drug-likeness (QED) is 0.920. The van der Waals surface area contributed by atoms with E-state index in [4.69, 9.17) is 0 Å². The summed E-state index contributed by atoms with van der Waals surface area (Å²) in [6.07, 6.45) is 3.18. The van der Waals surface area contributed by atoms with Gasteiger partial charge in [-0.25, -0.2) is 13.4 Å². The van der Waals surface area contributed by atoms with Crippen LogP contribution in [0.3, 0.4) is 0 Å². The zero-order valence-electron chi connectivity index (χ0n) is 8.70. The van der Waals surface area contributed by atoms with Gasteiger partial charge < -0.3 is 0 Å². The standard InChI is InChI=1S/C10H9N3O2S2/c1-2-17(14,15)13-10-8(4-3-5-12-10)9-6-11-7-16-9/h2-7H,1H2,(H,12,13). The Morgan fingerprint density at radius 2 is 2.29 bits per heavy atom. The van der Waals surface area contributed by atoms with Gasteiger partial charge in [0.05, 0.1) is 10.4 Å². The summed E-state index contributed by atoms with van der Waals surface area (Å²) in [6, 6.07) is 3.52. The van der Waals surface area contributed by atoms with Crippen LogP contribution in [0.15, 0.2) is 42.0 Å². The number of thiazole rings is 1. The fourth-order valence-corrected chi connectivity index (χ4v) is 2.37. The second kappa shape index (κ2) is 4.64. The molecule has 0 spiro atoms. The average molecular weight is 267 g/mol. The number of sulfonamides is 1. The number of anilines is 1. The van der Waals surface area contributed by atoms with E-state index in [2.05, 4.69) is 21.3 Å². The van der Waals surface area contributed by atoms with Gasteiger partial charge in [0.15, 0.2) is 0 Å². The molecule has 0 aliphatic rings. The fourth-order valence-electron chi connectivity index (χ4n) is 1.21. The zero-order valence-corrected chi connectivity index (χ0v) is 10.3. The molecule has 0 amide bonds. The molecule has 0 saturated heterocycles. The highest BCUT2D eigenvalue weighted by Crippen LogP contribution is 2.29. The maximum Gasteiger partial charge on any atom is 0.255 e. The minimum atomic E-state index is -3.55. The number of nitrogens with one attached hydrogen (secondary N) is 1. The number of hydrogen-bond donors (Lipinski definition) is 1. The third-order valence-corrected chi connectivity index (χ3v) is 3.69. The summed E-state index contributed by atoms with van der Waals surface area (Å²) in [5, 5.41) is 0.845. The van der Waals surface area contributed by atoms with Gasteiger partial charge in [0.25, 0.3) is 10.0 Å². The number of pyridine rings is 1. The van der Waals surface area contributed by atoms with Crippen LogP contribution in [-0.4, -0.2) is 18.4 Å². The van der Waals surface area contributed by atoms with E-state index < -0.39 is 10.0 Å². The van der Waals surface area contributed by atoms with Crippen LogP contribution in [0.2, 0.25) is 0 Å². The lowest BCUT2D eigenvalue weighted by Crippen LogP contribution is -2.10. The van der Waals surface area contributed by atoms with E-state index in [1.165, 1.54) is 17.5 Å². The number of hydrogen-bond acceptors (Lipinski definition) is 5. The highest BCUT2D eigenvalue weighted by atomic mass is 32.2. The fraction of sp³-hybridized carbons (Fsp3) is 0. The summed E-state index contributed by atoms with van der Waals surface area (Å²) < 4.78 is 25.2. The molecular weight excluding hydrogens is 258 g/mol. The first-order valence-corrected chi connectivity index (χ1v) is 7.04. The van der Waals surface area contributed by atoms with Crippen LogP contribution in [0.1, 0.15) is 0 Å². The van der Waals surface area contributed by atoms with Crippen molar-refractivity contribution in [2.45, 2.75) is 0 Å². The largest absolute Gasteiger partial charge is 0.263 e. The maximum atomic E-state index is 11.4. The smallest absolute Gasteiger partial charge is 0.255 e. The number of nitrogens with zero attached hydrogens (tertiary/aromatic N) is 2. The Kier molecular flexibility index (Phi) is 3.21. The van der Waals surface area contributed by atoms with Crippen LogP contribution >= 0.6 is 11.3 Å². The summed E-state index contributed by atoms with van der Waals surface area (Å²) in [5.74, 6) is 0.275. The first kappa shape index (κ1) is 11.7. The van der Waals surface area contributed by atoms with Crippen LogP contribution in [-0.2, 0) is 10.0 Å². The molecule has 0 unspecified atom stereocenters. The van der Waals surface area contributed by atoms with E-state index in [0.29, 0.717) is 5.56 Å².